The summed E-state index contributed by atoms with van der Waals surface area (Å²) < 4.78 is 0. The fourth-order valence-corrected chi connectivity index (χ4v) is 1.16. The average Bonchev–Trinajstić information content (AvgIpc) is 2.06. The summed E-state index contributed by atoms with van der Waals surface area (Å²) in [5, 5.41) is 12.8. The number of nitrogens with one attached hydrogen (secondary N) is 1. The predicted octanol–water partition coefficient (Wildman–Crippen LogP) is 2.42. The lowest BCUT2D eigenvalue weighted by molar-refractivity contribution is 0.112. The molecule has 0 saturated heterocycles. The molecule has 0 spiro atoms. The first kappa shape index (κ1) is 10.6. The zero-order valence-electron chi connectivity index (χ0n) is 8.66. The third kappa shape index (κ3) is 2.49. The van der Waals surface area contributed by atoms with E-state index in [1.54, 1.807) is 18.2 Å². The molecule has 0 radical (unpaired) electrons. The van der Waals surface area contributed by atoms with E-state index in [9.17, 15) is 9.90 Å². The summed E-state index contributed by atoms with van der Waals surface area (Å²) in [6.45, 7) is 5.96. The second kappa shape index (κ2) is 3.70. The Hall–Kier alpha value is -1.51. The Morgan fingerprint density at radius 1 is 1.36 bits per heavy atom. The van der Waals surface area contributed by atoms with Gasteiger partial charge in [-0.25, -0.2) is 0 Å². The molecule has 76 valence electrons. The molecule has 2 N–H and O–H groups in total. The van der Waals surface area contributed by atoms with Gasteiger partial charge in [0, 0.05) is 5.54 Å². The summed E-state index contributed by atoms with van der Waals surface area (Å²) in [6.07, 6.45) is 0.642. The highest BCUT2D eigenvalue weighted by molar-refractivity contribution is 5.83. The minimum atomic E-state index is -0.140. The van der Waals surface area contributed by atoms with Crippen LogP contribution in [0.5, 0.6) is 5.75 Å². The second-order valence-electron chi connectivity index (χ2n) is 4.24. The van der Waals surface area contributed by atoms with Crippen LogP contribution in [0.25, 0.3) is 0 Å². The summed E-state index contributed by atoms with van der Waals surface area (Å²) in [5.74, 6) is 0.0115. The lowest BCUT2D eigenvalue weighted by Crippen LogP contribution is -2.26. The molecule has 0 aliphatic heterocycles. The number of hydrogen-bond donors (Lipinski definition) is 2. The zero-order chi connectivity index (χ0) is 10.8. The van der Waals surface area contributed by atoms with Crippen LogP contribution < -0.4 is 5.32 Å². The van der Waals surface area contributed by atoms with Crippen molar-refractivity contribution in [3.8, 4) is 5.75 Å². The molecule has 0 aliphatic carbocycles. The van der Waals surface area contributed by atoms with Gasteiger partial charge in [-0.2, -0.15) is 0 Å². The van der Waals surface area contributed by atoms with Crippen molar-refractivity contribution in [2.24, 2.45) is 0 Å². The van der Waals surface area contributed by atoms with Crippen molar-refractivity contribution in [3.63, 3.8) is 0 Å². The Morgan fingerprint density at radius 3 is 2.50 bits per heavy atom. The monoisotopic (exact) mass is 193 g/mol. The van der Waals surface area contributed by atoms with Crippen molar-refractivity contribution in [1.82, 2.24) is 0 Å². The van der Waals surface area contributed by atoms with Gasteiger partial charge < -0.3 is 10.4 Å². The van der Waals surface area contributed by atoms with E-state index >= 15 is 0 Å². The fraction of sp³-hybridized carbons (Fsp3) is 0.364. The third-order valence-corrected chi connectivity index (χ3v) is 1.70. The molecule has 0 saturated carbocycles. The summed E-state index contributed by atoms with van der Waals surface area (Å²) in [6, 6.07) is 5.06. The minimum absolute atomic E-state index is 0.0115. The van der Waals surface area contributed by atoms with Gasteiger partial charge in [-0.3, -0.25) is 4.79 Å². The summed E-state index contributed by atoms with van der Waals surface area (Å²) in [5.41, 5.74) is 0.750. The Balaban J connectivity index is 3.04. The number of hydrogen-bond acceptors (Lipinski definition) is 3. The van der Waals surface area contributed by atoms with Gasteiger partial charge in [-0.05, 0) is 32.9 Å². The van der Waals surface area contributed by atoms with Crippen molar-refractivity contribution in [2.45, 2.75) is 26.3 Å². The number of carbonyl (C=O) groups is 1. The molecule has 1 rings (SSSR count). The standard InChI is InChI=1S/C11H15NO2/c1-11(2,3)12-9-6-4-5-8(7-13)10(9)14/h4-7,12,14H,1-3H3. The van der Waals surface area contributed by atoms with Crippen LogP contribution in [0.1, 0.15) is 31.1 Å². The first-order valence-electron chi connectivity index (χ1n) is 4.49. The van der Waals surface area contributed by atoms with Gasteiger partial charge in [0.25, 0.3) is 0 Å². The van der Waals surface area contributed by atoms with Gasteiger partial charge in [0.05, 0.1) is 11.3 Å². The van der Waals surface area contributed by atoms with Crippen LogP contribution in [0.15, 0.2) is 18.2 Å². The molecule has 14 heavy (non-hydrogen) atoms. The first-order chi connectivity index (χ1) is 6.44. The number of anilines is 1. The number of carbonyl (C=O) groups excluding carboxylic acids is 1. The van der Waals surface area contributed by atoms with Crippen molar-refractivity contribution in [3.05, 3.63) is 23.8 Å². The molecule has 0 bridgehead atoms. The molecular formula is C11H15NO2. The highest BCUT2D eigenvalue weighted by Crippen LogP contribution is 2.28. The molecular weight excluding hydrogens is 178 g/mol. The molecule has 0 heterocycles. The smallest absolute Gasteiger partial charge is 0.153 e. The Bertz CT molecular complexity index is 340. The number of aldehydes is 1. The van der Waals surface area contributed by atoms with Gasteiger partial charge in [-0.1, -0.05) is 6.07 Å². The molecule has 0 amide bonds. The van der Waals surface area contributed by atoms with Crippen LogP contribution in [0.3, 0.4) is 0 Å². The number of aromatic hydroxyl groups is 1. The van der Waals surface area contributed by atoms with E-state index in [-0.39, 0.29) is 11.3 Å². The predicted molar refractivity (Wildman–Crippen MR) is 56.9 cm³/mol. The molecule has 0 unspecified atom stereocenters. The zero-order valence-corrected chi connectivity index (χ0v) is 8.66. The normalized spacial score (nSPS) is 11.1. The van der Waals surface area contributed by atoms with Gasteiger partial charge in [0.15, 0.2) is 6.29 Å². The van der Waals surface area contributed by atoms with Crippen molar-refractivity contribution in [1.29, 1.82) is 0 Å². The van der Waals surface area contributed by atoms with Crippen molar-refractivity contribution < 1.29 is 9.90 Å². The van der Waals surface area contributed by atoms with Crippen molar-refractivity contribution in [2.75, 3.05) is 5.32 Å². The molecule has 1 aromatic rings. The molecule has 0 atom stereocenters. The van der Waals surface area contributed by atoms with Crippen LogP contribution in [-0.2, 0) is 0 Å². The van der Waals surface area contributed by atoms with Crippen LogP contribution in [0.2, 0.25) is 0 Å². The molecule has 1 aromatic carbocycles. The molecule has 0 aromatic heterocycles. The summed E-state index contributed by atoms with van der Waals surface area (Å²) in [4.78, 5) is 10.6. The van der Waals surface area contributed by atoms with Gasteiger partial charge in [0.2, 0.25) is 0 Å². The number of rotatable bonds is 2. The third-order valence-electron chi connectivity index (χ3n) is 1.70. The van der Waals surface area contributed by atoms with Gasteiger partial charge >= 0.3 is 0 Å². The number of phenols is 1. The van der Waals surface area contributed by atoms with E-state index in [2.05, 4.69) is 5.32 Å². The fourth-order valence-electron chi connectivity index (χ4n) is 1.16. The number of phenolic OH excluding ortho intramolecular Hbond substituents is 1. The van der Waals surface area contributed by atoms with E-state index in [0.717, 1.165) is 0 Å². The maximum Gasteiger partial charge on any atom is 0.153 e. The molecule has 3 nitrogen and oxygen atoms in total. The lowest BCUT2D eigenvalue weighted by Gasteiger charge is -2.23. The number of para-hydroxylation sites is 1. The Morgan fingerprint density at radius 2 is 2.00 bits per heavy atom. The summed E-state index contributed by atoms with van der Waals surface area (Å²) in [7, 11) is 0. The second-order valence-corrected chi connectivity index (χ2v) is 4.24. The lowest BCUT2D eigenvalue weighted by atomic mass is 10.1. The highest BCUT2D eigenvalue weighted by atomic mass is 16.3. The largest absolute Gasteiger partial charge is 0.505 e. The maximum absolute atomic E-state index is 10.6. The average molecular weight is 193 g/mol. The van der Waals surface area contributed by atoms with Crippen LogP contribution >= 0.6 is 0 Å². The molecule has 3 heteroatoms. The van der Waals surface area contributed by atoms with Gasteiger partial charge in [-0.15, -0.1) is 0 Å². The van der Waals surface area contributed by atoms with E-state index in [0.29, 0.717) is 17.5 Å². The molecule has 0 aliphatic rings. The quantitative estimate of drug-likeness (QED) is 0.560. The SMILES string of the molecule is CC(C)(C)Nc1cccc(C=O)c1O. The van der Waals surface area contributed by atoms with E-state index in [4.69, 9.17) is 0 Å². The first-order valence-corrected chi connectivity index (χ1v) is 4.49. The highest BCUT2D eigenvalue weighted by Gasteiger charge is 2.13. The van der Waals surface area contributed by atoms with E-state index in [1.807, 2.05) is 20.8 Å². The Kier molecular flexibility index (Phi) is 2.79. The Labute approximate surface area is 83.8 Å². The minimum Gasteiger partial charge on any atom is -0.505 e. The topological polar surface area (TPSA) is 49.3 Å². The van der Waals surface area contributed by atoms with Crippen molar-refractivity contribution >= 4 is 12.0 Å². The van der Waals surface area contributed by atoms with Crippen LogP contribution in [-0.4, -0.2) is 16.9 Å². The van der Waals surface area contributed by atoms with E-state index < -0.39 is 0 Å². The molecule has 0 fully saturated rings. The van der Waals surface area contributed by atoms with E-state index in [1.165, 1.54) is 0 Å². The summed E-state index contributed by atoms with van der Waals surface area (Å²) >= 11 is 0. The van der Waals surface area contributed by atoms with Crippen LogP contribution in [0.4, 0.5) is 5.69 Å². The number of benzene rings is 1. The maximum atomic E-state index is 10.6. The van der Waals surface area contributed by atoms with Gasteiger partial charge in [0.1, 0.15) is 5.75 Å². The van der Waals surface area contributed by atoms with Crippen LogP contribution in [0, 0.1) is 0 Å².